The van der Waals surface area contributed by atoms with Gasteiger partial charge >= 0.3 is 0 Å². The van der Waals surface area contributed by atoms with Crippen molar-refractivity contribution in [2.75, 3.05) is 11.9 Å². The standard InChI is InChI=1S/C11H14N4/c12-6-8-3-4-14-11(5-8)15-10(7-13)9-1-2-9/h3-5,9-10H,1-2,7,13H2,(H,14,15). The fourth-order valence-electron chi connectivity index (χ4n) is 1.64. The number of hydrogen-bond donors (Lipinski definition) is 2. The van der Waals surface area contributed by atoms with Crippen molar-refractivity contribution in [3.8, 4) is 6.07 Å². The van der Waals surface area contributed by atoms with Crippen LogP contribution in [0, 0.1) is 17.2 Å². The highest BCUT2D eigenvalue weighted by Crippen LogP contribution is 2.33. The van der Waals surface area contributed by atoms with Crippen molar-refractivity contribution in [2.45, 2.75) is 18.9 Å². The molecule has 1 aliphatic rings. The lowest BCUT2D eigenvalue weighted by molar-refractivity contribution is 0.642. The second-order valence-corrected chi connectivity index (χ2v) is 3.87. The maximum atomic E-state index is 8.74. The van der Waals surface area contributed by atoms with E-state index in [4.69, 9.17) is 11.0 Å². The maximum Gasteiger partial charge on any atom is 0.127 e. The van der Waals surface area contributed by atoms with E-state index in [-0.39, 0.29) is 0 Å². The van der Waals surface area contributed by atoms with Crippen LogP contribution in [0.3, 0.4) is 0 Å². The lowest BCUT2D eigenvalue weighted by atomic mass is 10.2. The molecule has 1 aromatic heterocycles. The first-order chi connectivity index (χ1) is 7.33. The zero-order valence-corrected chi connectivity index (χ0v) is 8.48. The molecule has 4 heteroatoms. The molecule has 1 fully saturated rings. The lowest BCUT2D eigenvalue weighted by Gasteiger charge is -2.16. The Bertz CT molecular complexity index is 378. The van der Waals surface area contributed by atoms with Gasteiger partial charge in [-0.1, -0.05) is 0 Å². The van der Waals surface area contributed by atoms with Gasteiger partial charge in [0.1, 0.15) is 5.82 Å². The van der Waals surface area contributed by atoms with Crippen LogP contribution in [0.15, 0.2) is 18.3 Å². The second-order valence-electron chi connectivity index (χ2n) is 3.87. The van der Waals surface area contributed by atoms with Crippen LogP contribution in [0.5, 0.6) is 0 Å². The Balaban J connectivity index is 2.05. The summed E-state index contributed by atoms with van der Waals surface area (Å²) in [6.07, 6.45) is 4.13. The van der Waals surface area contributed by atoms with Crippen LogP contribution >= 0.6 is 0 Å². The summed E-state index contributed by atoms with van der Waals surface area (Å²) in [5.41, 5.74) is 6.30. The minimum atomic E-state index is 0.298. The van der Waals surface area contributed by atoms with Gasteiger partial charge in [0.2, 0.25) is 0 Å². The lowest BCUT2D eigenvalue weighted by Crippen LogP contribution is -2.31. The van der Waals surface area contributed by atoms with Crippen LogP contribution in [0.1, 0.15) is 18.4 Å². The van der Waals surface area contributed by atoms with Crippen LogP contribution in [0.25, 0.3) is 0 Å². The van der Waals surface area contributed by atoms with Gasteiger partial charge in [-0.2, -0.15) is 5.26 Å². The van der Waals surface area contributed by atoms with E-state index in [0.29, 0.717) is 24.1 Å². The van der Waals surface area contributed by atoms with Gasteiger partial charge in [-0.15, -0.1) is 0 Å². The van der Waals surface area contributed by atoms with Gasteiger partial charge < -0.3 is 11.1 Å². The fourth-order valence-corrected chi connectivity index (χ4v) is 1.64. The Morgan fingerprint density at radius 1 is 1.67 bits per heavy atom. The van der Waals surface area contributed by atoms with Gasteiger partial charge in [-0.05, 0) is 30.9 Å². The summed E-state index contributed by atoms with van der Waals surface area (Å²) in [7, 11) is 0. The molecule has 1 aromatic rings. The smallest absolute Gasteiger partial charge is 0.127 e. The molecule has 1 heterocycles. The van der Waals surface area contributed by atoms with Gasteiger partial charge in [-0.3, -0.25) is 0 Å². The Labute approximate surface area is 89.1 Å². The summed E-state index contributed by atoms with van der Waals surface area (Å²) in [5, 5.41) is 12.0. The third-order valence-corrected chi connectivity index (χ3v) is 2.67. The molecule has 0 radical (unpaired) electrons. The number of nitrogens with zero attached hydrogens (tertiary/aromatic N) is 2. The van der Waals surface area contributed by atoms with Crippen LogP contribution in [-0.4, -0.2) is 17.6 Å². The molecule has 1 saturated carbocycles. The van der Waals surface area contributed by atoms with Gasteiger partial charge in [0.15, 0.2) is 0 Å². The summed E-state index contributed by atoms with van der Waals surface area (Å²) < 4.78 is 0. The Kier molecular flexibility index (Phi) is 2.84. The Morgan fingerprint density at radius 2 is 2.47 bits per heavy atom. The highest BCUT2D eigenvalue weighted by Gasteiger charge is 2.30. The molecule has 78 valence electrons. The van der Waals surface area contributed by atoms with Gasteiger partial charge in [0.25, 0.3) is 0 Å². The number of anilines is 1. The van der Waals surface area contributed by atoms with Crippen molar-refractivity contribution < 1.29 is 0 Å². The molecule has 1 aliphatic carbocycles. The van der Waals surface area contributed by atoms with Gasteiger partial charge in [-0.25, -0.2) is 4.98 Å². The predicted molar refractivity (Wildman–Crippen MR) is 58.1 cm³/mol. The largest absolute Gasteiger partial charge is 0.366 e. The summed E-state index contributed by atoms with van der Waals surface area (Å²) >= 11 is 0. The minimum Gasteiger partial charge on any atom is -0.366 e. The van der Waals surface area contributed by atoms with Crippen molar-refractivity contribution in [1.82, 2.24) is 4.98 Å². The van der Waals surface area contributed by atoms with Gasteiger partial charge in [0.05, 0.1) is 11.6 Å². The quantitative estimate of drug-likeness (QED) is 0.766. The molecule has 0 bridgehead atoms. The third kappa shape index (κ3) is 2.45. The SMILES string of the molecule is N#Cc1ccnc(NC(CN)C2CC2)c1. The van der Waals surface area contributed by atoms with Crippen molar-refractivity contribution >= 4 is 5.82 Å². The maximum absolute atomic E-state index is 8.74. The zero-order valence-electron chi connectivity index (χ0n) is 8.48. The molecule has 15 heavy (non-hydrogen) atoms. The monoisotopic (exact) mass is 202 g/mol. The molecule has 0 saturated heterocycles. The van der Waals surface area contributed by atoms with Crippen LogP contribution in [-0.2, 0) is 0 Å². The number of aromatic nitrogens is 1. The van der Waals surface area contributed by atoms with E-state index in [2.05, 4.69) is 16.4 Å². The molecule has 4 nitrogen and oxygen atoms in total. The Morgan fingerprint density at radius 3 is 3.07 bits per heavy atom. The summed E-state index contributed by atoms with van der Waals surface area (Å²) in [5.74, 6) is 1.43. The first-order valence-corrected chi connectivity index (χ1v) is 5.16. The highest BCUT2D eigenvalue weighted by molar-refractivity contribution is 5.43. The topological polar surface area (TPSA) is 74.7 Å². The molecule has 0 aromatic carbocycles. The van der Waals surface area contributed by atoms with E-state index in [0.717, 1.165) is 5.82 Å². The van der Waals surface area contributed by atoms with E-state index in [1.54, 1.807) is 18.3 Å². The molecule has 0 amide bonds. The zero-order chi connectivity index (χ0) is 10.7. The molecule has 0 spiro atoms. The van der Waals surface area contributed by atoms with Crippen molar-refractivity contribution in [2.24, 2.45) is 11.7 Å². The number of rotatable bonds is 4. The number of nitrogens with two attached hydrogens (primary N) is 1. The van der Waals surface area contributed by atoms with Crippen LogP contribution in [0.2, 0.25) is 0 Å². The summed E-state index contributed by atoms with van der Waals surface area (Å²) in [6, 6.07) is 5.84. The van der Waals surface area contributed by atoms with E-state index in [1.807, 2.05) is 0 Å². The number of nitriles is 1. The normalized spacial score (nSPS) is 16.8. The fraction of sp³-hybridized carbons (Fsp3) is 0.455. The van der Waals surface area contributed by atoms with E-state index < -0.39 is 0 Å². The minimum absolute atomic E-state index is 0.298. The van der Waals surface area contributed by atoms with Crippen molar-refractivity contribution in [3.63, 3.8) is 0 Å². The van der Waals surface area contributed by atoms with Crippen LogP contribution in [0.4, 0.5) is 5.82 Å². The Hall–Kier alpha value is -1.60. The predicted octanol–water partition coefficient (Wildman–Crippen LogP) is 1.10. The first kappa shape index (κ1) is 9.94. The van der Waals surface area contributed by atoms with E-state index in [9.17, 15) is 0 Å². The van der Waals surface area contributed by atoms with Crippen LogP contribution < -0.4 is 11.1 Å². The molecular formula is C11H14N4. The average molecular weight is 202 g/mol. The first-order valence-electron chi connectivity index (χ1n) is 5.16. The van der Waals surface area contributed by atoms with Crippen molar-refractivity contribution in [3.05, 3.63) is 23.9 Å². The number of hydrogen-bond acceptors (Lipinski definition) is 4. The van der Waals surface area contributed by atoms with E-state index in [1.165, 1.54) is 12.8 Å². The molecule has 2 rings (SSSR count). The van der Waals surface area contributed by atoms with Gasteiger partial charge in [0, 0.05) is 18.8 Å². The average Bonchev–Trinajstić information content (AvgIpc) is 3.10. The molecule has 0 aliphatic heterocycles. The second kappa shape index (κ2) is 4.28. The number of nitrogens with one attached hydrogen (secondary N) is 1. The van der Waals surface area contributed by atoms with E-state index >= 15 is 0 Å². The summed E-state index contributed by atoms with van der Waals surface area (Å²) in [6.45, 7) is 0.614. The molecule has 1 atom stereocenters. The highest BCUT2D eigenvalue weighted by atomic mass is 15.0. The third-order valence-electron chi connectivity index (χ3n) is 2.67. The molecule has 1 unspecified atom stereocenters. The number of pyridine rings is 1. The molecular weight excluding hydrogens is 188 g/mol. The molecule has 3 N–H and O–H groups in total. The van der Waals surface area contributed by atoms with Crippen molar-refractivity contribution in [1.29, 1.82) is 5.26 Å². The summed E-state index contributed by atoms with van der Waals surface area (Å²) in [4.78, 5) is 4.17.